The average Bonchev–Trinajstić information content (AvgIpc) is 2.86. The lowest BCUT2D eigenvalue weighted by Crippen LogP contribution is -2.38. The quantitative estimate of drug-likeness (QED) is 0.387. The monoisotopic (exact) mass is 558 g/mol. The average molecular weight is 559 g/mol. The second-order valence-corrected chi connectivity index (χ2v) is 9.74. The molecule has 0 aliphatic heterocycles. The first-order valence-corrected chi connectivity index (χ1v) is 12.3. The van der Waals surface area contributed by atoms with Gasteiger partial charge >= 0.3 is 6.18 Å². The van der Waals surface area contributed by atoms with Crippen molar-refractivity contribution in [2.75, 3.05) is 37.5 Å². The summed E-state index contributed by atoms with van der Waals surface area (Å²) in [6.07, 6.45) is -4.74. The van der Waals surface area contributed by atoms with Crippen LogP contribution in [0.15, 0.2) is 65.6 Å². The largest absolute Gasteiger partial charge is 0.495 e. The summed E-state index contributed by atoms with van der Waals surface area (Å²) in [4.78, 5) is 12.6. The van der Waals surface area contributed by atoms with Gasteiger partial charge in [0.25, 0.3) is 10.0 Å². The molecule has 198 valence electrons. The van der Waals surface area contributed by atoms with Crippen molar-refractivity contribution in [3.05, 3.63) is 71.2 Å². The second-order valence-electron chi connectivity index (χ2n) is 7.47. The number of ether oxygens (including phenoxy) is 3. The number of alkyl halides is 3. The SMILES string of the molecule is COc1ccc(NC(=O)CN(c2cccc(C(F)(F)F)c2)S(=O)(=O)c2ccc(OC)c(OC)c2)cc1Cl. The van der Waals surface area contributed by atoms with Crippen LogP contribution < -0.4 is 23.8 Å². The van der Waals surface area contributed by atoms with Crippen LogP contribution in [-0.2, 0) is 21.0 Å². The van der Waals surface area contributed by atoms with Gasteiger partial charge in [-0.15, -0.1) is 0 Å². The summed E-state index contributed by atoms with van der Waals surface area (Å²) in [5.74, 6) is -0.171. The molecule has 13 heteroatoms. The Labute approximate surface area is 216 Å². The van der Waals surface area contributed by atoms with Gasteiger partial charge in [-0.3, -0.25) is 9.10 Å². The zero-order valence-corrected chi connectivity index (χ0v) is 21.4. The maximum Gasteiger partial charge on any atom is 0.416 e. The molecule has 8 nitrogen and oxygen atoms in total. The predicted molar refractivity (Wildman–Crippen MR) is 132 cm³/mol. The summed E-state index contributed by atoms with van der Waals surface area (Å²) in [6, 6.07) is 11.7. The van der Waals surface area contributed by atoms with E-state index in [4.69, 9.17) is 25.8 Å². The van der Waals surface area contributed by atoms with E-state index >= 15 is 0 Å². The van der Waals surface area contributed by atoms with Gasteiger partial charge in [0.1, 0.15) is 12.3 Å². The highest BCUT2D eigenvalue weighted by molar-refractivity contribution is 7.92. The number of benzene rings is 3. The molecule has 0 spiro atoms. The lowest BCUT2D eigenvalue weighted by Gasteiger charge is -2.25. The standard InChI is InChI=1S/C24H22ClF3N2O6S/c1-34-20-9-7-16(12-19(20)25)29-23(31)14-30(17-6-4-5-15(11-17)24(26,27)28)37(32,33)18-8-10-21(35-2)22(13-18)36-3/h4-13H,14H2,1-3H3,(H,29,31). The van der Waals surface area contributed by atoms with E-state index in [9.17, 15) is 26.4 Å². The zero-order chi connectivity index (χ0) is 27.4. The van der Waals surface area contributed by atoms with Crippen molar-refractivity contribution in [2.45, 2.75) is 11.1 Å². The summed E-state index contributed by atoms with van der Waals surface area (Å²) in [5.41, 5.74) is -1.23. The van der Waals surface area contributed by atoms with Crippen LogP contribution in [0.1, 0.15) is 5.56 Å². The molecule has 3 aromatic rings. The number of nitrogens with zero attached hydrogens (tertiary/aromatic N) is 1. The minimum absolute atomic E-state index is 0.0740. The summed E-state index contributed by atoms with van der Waals surface area (Å²) < 4.78 is 83.3. The minimum atomic E-state index is -4.74. The van der Waals surface area contributed by atoms with Crippen LogP contribution in [0, 0.1) is 0 Å². The first-order chi connectivity index (χ1) is 17.4. The van der Waals surface area contributed by atoms with E-state index in [1.54, 1.807) is 0 Å². The van der Waals surface area contributed by atoms with Gasteiger partial charge in [-0.2, -0.15) is 13.2 Å². The first kappa shape index (κ1) is 27.9. The third-order valence-corrected chi connectivity index (χ3v) is 7.19. The number of carbonyl (C=O) groups excluding carboxylic acids is 1. The van der Waals surface area contributed by atoms with Crippen molar-refractivity contribution in [3.8, 4) is 17.2 Å². The number of hydrogen-bond donors (Lipinski definition) is 1. The molecule has 0 atom stereocenters. The number of halogens is 4. The first-order valence-electron chi connectivity index (χ1n) is 10.5. The topological polar surface area (TPSA) is 94.2 Å². The number of hydrogen-bond acceptors (Lipinski definition) is 6. The van der Waals surface area contributed by atoms with Gasteiger partial charge in [0.05, 0.1) is 42.5 Å². The molecule has 0 fully saturated rings. The van der Waals surface area contributed by atoms with E-state index in [1.165, 1.54) is 51.7 Å². The molecule has 0 bridgehead atoms. The van der Waals surface area contributed by atoms with Gasteiger partial charge in [-0.05, 0) is 48.5 Å². The molecule has 1 amide bonds. The molecule has 3 rings (SSSR count). The minimum Gasteiger partial charge on any atom is -0.495 e. The number of nitrogens with one attached hydrogen (secondary N) is 1. The van der Waals surface area contributed by atoms with Crippen LogP contribution in [-0.4, -0.2) is 42.2 Å². The van der Waals surface area contributed by atoms with E-state index in [1.807, 2.05) is 0 Å². The Morgan fingerprint density at radius 1 is 0.919 bits per heavy atom. The summed E-state index contributed by atoms with van der Waals surface area (Å²) in [7, 11) is -0.493. The fourth-order valence-electron chi connectivity index (χ4n) is 3.33. The van der Waals surface area contributed by atoms with Crippen molar-refractivity contribution in [2.24, 2.45) is 0 Å². The van der Waals surface area contributed by atoms with E-state index in [2.05, 4.69) is 5.32 Å². The van der Waals surface area contributed by atoms with E-state index in [-0.39, 0.29) is 32.8 Å². The Bertz CT molecular complexity index is 1400. The van der Waals surface area contributed by atoms with Crippen molar-refractivity contribution < 1.29 is 40.6 Å². The Balaban J connectivity index is 2.04. The van der Waals surface area contributed by atoms with Crippen LogP contribution in [0.2, 0.25) is 5.02 Å². The smallest absolute Gasteiger partial charge is 0.416 e. The van der Waals surface area contributed by atoms with Crippen LogP contribution in [0.25, 0.3) is 0 Å². The van der Waals surface area contributed by atoms with Crippen LogP contribution in [0.4, 0.5) is 24.5 Å². The molecule has 1 N–H and O–H groups in total. The molecule has 0 aliphatic rings. The fraction of sp³-hybridized carbons (Fsp3) is 0.208. The molecule has 0 saturated carbocycles. The maximum atomic E-state index is 13.6. The van der Waals surface area contributed by atoms with Crippen LogP contribution in [0.3, 0.4) is 0 Å². The van der Waals surface area contributed by atoms with E-state index in [0.717, 1.165) is 24.3 Å². The van der Waals surface area contributed by atoms with Crippen molar-refractivity contribution in [1.82, 2.24) is 0 Å². The van der Waals surface area contributed by atoms with Gasteiger partial charge in [-0.25, -0.2) is 8.42 Å². The zero-order valence-electron chi connectivity index (χ0n) is 19.8. The number of anilines is 2. The molecule has 0 aromatic heterocycles. The maximum absolute atomic E-state index is 13.6. The van der Waals surface area contributed by atoms with Gasteiger partial charge in [0.2, 0.25) is 5.91 Å². The molecule has 0 heterocycles. The highest BCUT2D eigenvalue weighted by atomic mass is 35.5. The number of methoxy groups -OCH3 is 3. The lowest BCUT2D eigenvalue weighted by atomic mass is 10.2. The summed E-state index contributed by atoms with van der Waals surface area (Å²) in [6.45, 7) is -0.846. The normalized spacial score (nSPS) is 11.5. The Kier molecular flexibility index (Phi) is 8.44. The number of amides is 1. The van der Waals surface area contributed by atoms with Gasteiger partial charge < -0.3 is 19.5 Å². The molecular weight excluding hydrogens is 537 g/mol. The molecule has 37 heavy (non-hydrogen) atoms. The number of carbonyl (C=O) groups is 1. The van der Waals surface area contributed by atoms with Gasteiger partial charge in [-0.1, -0.05) is 17.7 Å². The molecule has 0 unspecified atom stereocenters. The Morgan fingerprint density at radius 2 is 1.57 bits per heavy atom. The molecule has 0 aliphatic carbocycles. The molecule has 0 radical (unpaired) electrons. The van der Waals surface area contributed by atoms with Crippen molar-refractivity contribution >= 4 is 38.9 Å². The highest BCUT2D eigenvalue weighted by Crippen LogP contribution is 2.35. The van der Waals surface area contributed by atoms with Gasteiger partial charge in [0, 0.05) is 11.8 Å². The van der Waals surface area contributed by atoms with Crippen molar-refractivity contribution in [3.63, 3.8) is 0 Å². The lowest BCUT2D eigenvalue weighted by molar-refractivity contribution is -0.137. The van der Waals surface area contributed by atoms with E-state index in [0.29, 0.717) is 16.1 Å². The third-order valence-electron chi connectivity index (χ3n) is 5.13. The highest BCUT2D eigenvalue weighted by Gasteiger charge is 2.33. The summed E-state index contributed by atoms with van der Waals surface area (Å²) >= 11 is 6.07. The predicted octanol–water partition coefficient (Wildman–Crippen LogP) is 5.22. The number of rotatable bonds is 9. The van der Waals surface area contributed by atoms with Crippen molar-refractivity contribution in [1.29, 1.82) is 0 Å². The molecule has 3 aromatic carbocycles. The molecular formula is C24H22ClF3N2O6S. The van der Waals surface area contributed by atoms with E-state index < -0.39 is 34.2 Å². The molecule has 0 saturated heterocycles. The summed E-state index contributed by atoms with van der Waals surface area (Å²) in [5, 5.41) is 2.68. The fourth-order valence-corrected chi connectivity index (χ4v) is 5.02. The Hall–Kier alpha value is -3.64. The van der Waals surface area contributed by atoms with Gasteiger partial charge in [0.15, 0.2) is 11.5 Å². The van der Waals surface area contributed by atoms with Crippen LogP contribution >= 0.6 is 11.6 Å². The number of sulfonamides is 1. The van der Waals surface area contributed by atoms with Crippen LogP contribution in [0.5, 0.6) is 17.2 Å². The Morgan fingerprint density at radius 3 is 2.16 bits per heavy atom. The second kappa shape index (κ2) is 11.2. The third kappa shape index (κ3) is 6.38.